The van der Waals surface area contributed by atoms with Crippen LogP contribution in [-0.2, 0) is 16.0 Å². The molecule has 0 saturated heterocycles. The van der Waals surface area contributed by atoms with Crippen molar-refractivity contribution in [2.45, 2.75) is 18.4 Å². The van der Waals surface area contributed by atoms with Crippen LogP contribution < -0.4 is 5.32 Å². The standard InChI is InChI=1S/C24H19Cl2NO3/c25-16-10-9-15(23(26)12-16)11-17(13-28)27-24(29)30-14-22-20-7-3-1-5-18(20)19-6-2-4-8-21(19)22/h1-10,12-13,17,22H,11,14H2,(H,27,29). The van der Waals surface area contributed by atoms with E-state index in [1.165, 1.54) is 0 Å². The fourth-order valence-electron chi connectivity index (χ4n) is 3.85. The molecule has 0 fully saturated rings. The highest BCUT2D eigenvalue weighted by Gasteiger charge is 2.29. The molecule has 0 radical (unpaired) electrons. The van der Waals surface area contributed by atoms with Crippen LogP contribution in [0.25, 0.3) is 11.1 Å². The molecule has 3 aromatic rings. The van der Waals surface area contributed by atoms with E-state index in [9.17, 15) is 9.59 Å². The van der Waals surface area contributed by atoms with Crippen LogP contribution in [0.15, 0.2) is 66.7 Å². The minimum Gasteiger partial charge on any atom is -0.449 e. The Bertz CT molecular complexity index is 1050. The Hall–Kier alpha value is -2.82. The number of benzene rings is 3. The molecule has 30 heavy (non-hydrogen) atoms. The molecule has 0 saturated carbocycles. The molecular formula is C24H19Cl2NO3. The number of hydrogen-bond donors (Lipinski definition) is 1. The van der Waals surface area contributed by atoms with Gasteiger partial charge in [0.15, 0.2) is 0 Å². The minimum absolute atomic E-state index is 0.0384. The van der Waals surface area contributed by atoms with Crippen LogP contribution in [0.1, 0.15) is 22.6 Å². The van der Waals surface area contributed by atoms with Gasteiger partial charge in [-0.1, -0.05) is 77.8 Å². The number of alkyl carbamates (subject to hydrolysis) is 1. The maximum atomic E-state index is 12.4. The maximum Gasteiger partial charge on any atom is 0.407 e. The molecule has 1 aliphatic carbocycles. The predicted molar refractivity (Wildman–Crippen MR) is 118 cm³/mol. The highest BCUT2D eigenvalue weighted by atomic mass is 35.5. The normalized spacial score (nSPS) is 13.3. The summed E-state index contributed by atoms with van der Waals surface area (Å²) in [7, 11) is 0. The molecule has 0 bridgehead atoms. The van der Waals surface area contributed by atoms with E-state index in [-0.39, 0.29) is 18.9 Å². The average molecular weight is 440 g/mol. The van der Waals surface area contributed by atoms with Gasteiger partial charge in [0, 0.05) is 22.4 Å². The van der Waals surface area contributed by atoms with Crippen LogP contribution >= 0.6 is 23.2 Å². The first-order valence-electron chi connectivity index (χ1n) is 9.57. The molecule has 4 nitrogen and oxygen atoms in total. The second-order valence-electron chi connectivity index (χ2n) is 7.15. The van der Waals surface area contributed by atoms with Crippen LogP contribution in [0, 0.1) is 0 Å². The SMILES string of the molecule is O=CC(Cc1ccc(Cl)cc1Cl)NC(=O)OCC1c2ccccc2-c2ccccc21. The van der Waals surface area contributed by atoms with Crippen LogP contribution in [0.3, 0.4) is 0 Å². The minimum atomic E-state index is -0.751. The highest BCUT2D eigenvalue weighted by molar-refractivity contribution is 6.35. The predicted octanol–water partition coefficient (Wildman–Crippen LogP) is 5.64. The van der Waals surface area contributed by atoms with Gasteiger partial charge in [0.2, 0.25) is 0 Å². The summed E-state index contributed by atoms with van der Waals surface area (Å²) in [6.07, 6.45) is 0.287. The summed E-state index contributed by atoms with van der Waals surface area (Å²) in [6, 6.07) is 20.5. The summed E-state index contributed by atoms with van der Waals surface area (Å²) in [5.74, 6) is -0.0384. The van der Waals surface area contributed by atoms with Crippen molar-refractivity contribution in [3.05, 3.63) is 93.5 Å². The number of halogens is 2. The van der Waals surface area contributed by atoms with Crippen molar-refractivity contribution in [3.8, 4) is 11.1 Å². The van der Waals surface area contributed by atoms with Gasteiger partial charge in [0.25, 0.3) is 0 Å². The zero-order valence-electron chi connectivity index (χ0n) is 16.0. The summed E-state index contributed by atoms with van der Waals surface area (Å²) >= 11 is 12.1. The number of hydrogen-bond acceptors (Lipinski definition) is 3. The first-order valence-corrected chi connectivity index (χ1v) is 10.3. The van der Waals surface area contributed by atoms with Crippen molar-refractivity contribution in [1.29, 1.82) is 0 Å². The third-order valence-corrected chi connectivity index (χ3v) is 5.85. The summed E-state index contributed by atoms with van der Waals surface area (Å²) < 4.78 is 5.50. The quantitative estimate of drug-likeness (QED) is 0.505. The molecule has 1 aliphatic rings. The van der Waals surface area contributed by atoms with Gasteiger partial charge in [0.1, 0.15) is 12.9 Å². The molecule has 1 atom stereocenters. The fraction of sp³-hybridized carbons (Fsp3) is 0.167. The number of fused-ring (bicyclic) bond motifs is 3. The Morgan fingerprint density at radius 2 is 1.63 bits per heavy atom. The number of ether oxygens (including phenoxy) is 1. The molecule has 0 aromatic heterocycles. The molecule has 0 heterocycles. The van der Waals surface area contributed by atoms with E-state index in [2.05, 4.69) is 29.6 Å². The van der Waals surface area contributed by atoms with Gasteiger partial charge < -0.3 is 14.8 Å². The average Bonchev–Trinajstić information content (AvgIpc) is 3.07. The first-order chi connectivity index (χ1) is 14.6. The van der Waals surface area contributed by atoms with E-state index in [4.69, 9.17) is 27.9 Å². The van der Waals surface area contributed by atoms with Gasteiger partial charge in [-0.2, -0.15) is 0 Å². The monoisotopic (exact) mass is 439 g/mol. The summed E-state index contributed by atoms with van der Waals surface area (Å²) in [6.45, 7) is 0.188. The Kier molecular flexibility index (Phi) is 6.07. The molecular weight excluding hydrogens is 421 g/mol. The van der Waals surface area contributed by atoms with E-state index in [1.54, 1.807) is 18.2 Å². The lowest BCUT2D eigenvalue weighted by Crippen LogP contribution is -2.38. The molecule has 0 aliphatic heterocycles. The van der Waals surface area contributed by atoms with Crippen molar-refractivity contribution >= 4 is 35.6 Å². The Balaban J connectivity index is 1.41. The van der Waals surface area contributed by atoms with Crippen molar-refractivity contribution < 1.29 is 14.3 Å². The van der Waals surface area contributed by atoms with Crippen molar-refractivity contribution in [1.82, 2.24) is 5.32 Å². The lowest BCUT2D eigenvalue weighted by atomic mass is 9.98. The van der Waals surface area contributed by atoms with Gasteiger partial charge >= 0.3 is 6.09 Å². The van der Waals surface area contributed by atoms with Crippen molar-refractivity contribution in [2.75, 3.05) is 6.61 Å². The topological polar surface area (TPSA) is 55.4 Å². The fourth-order valence-corrected chi connectivity index (χ4v) is 4.33. The molecule has 0 spiro atoms. The van der Waals surface area contributed by atoms with E-state index in [0.29, 0.717) is 16.3 Å². The van der Waals surface area contributed by atoms with Gasteiger partial charge in [-0.15, -0.1) is 0 Å². The van der Waals surface area contributed by atoms with Crippen LogP contribution in [0.2, 0.25) is 10.0 Å². The van der Waals surface area contributed by atoms with Gasteiger partial charge in [-0.25, -0.2) is 4.79 Å². The number of rotatable bonds is 6. The van der Waals surface area contributed by atoms with E-state index >= 15 is 0 Å². The van der Waals surface area contributed by atoms with E-state index in [1.807, 2.05) is 24.3 Å². The molecule has 1 N–H and O–H groups in total. The lowest BCUT2D eigenvalue weighted by Gasteiger charge is -2.17. The highest BCUT2D eigenvalue weighted by Crippen LogP contribution is 2.44. The summed E-state index contributed by atoms with van der Waals surface area (Å²) in [5.41, 5.74) is 5.30. The van der Waals surface area contributed by atoms with Crippen molar-refractivity contribution in [3.63, 3.8) is 0 Å². The second-order valence-corrected chi connectivity index (χ2v) is 8.00. The third kappa shape index (κ3) is 4.20. The smallest absolute Gasteiger partial charge is 0.407 e. The zero-order chi connectivity index (χ0) is 21.1. The second kappa shape index (κ2) is 8.90. The maximum absolute atomic E-state index is 12.4. The molecule has 1 amide bonds. The number of nitrogens with one attached hydrogen (secondary N) is 1. The first kappa shape index (κ1) is 20.5. The third-order valence-electron chi connectivity index (χ3n) is 5.27. The number of amides is 1. The lowest BCUT2D eigenvalue weighted by molar-refractivity contribution is -0.109. The number of carbonyl (C=O) groups excluding carboxylic acids is 2. The van der Waals surface area contributed by atoms with Crippen LogP contribution in [0.4, 0.5) is 4.79 Å². The van der Waals surface area contributed by atoms with E-state index < -0.39 is 12.1 Å². The van der Waals surface area contributed by atoms with Crippen molar-refractivity contribution in [2.24, 2.45) is 0 Å². The molecule has 152 valence electrons. The molecule has 6 heteroatoms. The van der Waals surface area contributed by atoms with E-state index in [0.717, 1.165) is 27.8 Å². The number of carbonyl (C=O) groups is 2. The zero-order valence-corrected chi connectivity index (χ0v) is 17.5. The molecule has 3 aromatic carbocycles. The molecule has 4 rings (SSSR count). The Morgan fingerprint density at radius 3 is 2.23 bits per heavy atom. The van der Waals surface area contributed by atoms with Crippen LogP contribution in [0.5, 0.6) is 0 Å². The largest absolute Gasteiger partial charge is 0.449 e. The van der Waals surface area contributed by atoms with Gasteiger partial charge in [-0.05, 0) is 39.9 Å². The number of aldehydes is 1. The van der Waals surface area contributed by atoms with Gasteiger partial charge in [0.05, 0.1) is 6.04 Å². The summed E-state index contributed by atoms with van der Waals surface area (Å²) in [5, 5.41) is 3.57. The Labute approximate surface area is 184 Å². The Morgan fingerprint density at radius 1 is 1.00 bits per heavy atom. The summed E-state index contributed by atoms with van der Waals surface area (Å²) in [4.78, 5) is 23.8. The van der Waals surface area contributed by atoms with Gasteiger partial charge in [-0.3, -0.25) is 0 Å². The molecule has 1 unspecified atom stereocenters. The van der Waals surface area contributed by atoms with Crippen LogP contribution in [-0.4, -0.2) is 25.0 Å².